The van der Waals surface area contributed by atoms with E-state index in [0.29, 0.717) is 0 Å². The first kappa shape index (κ1) is 14.9. The molecule has 2 atom stereocenters. The van der Waals surface area contributed by atoms with Crippen molar-refractivity contribution in [3.05, 3.63) is 0 Å². The summed E-state index contributed by atoms with van der Waals surface area (Å²) in [6.45, 7) is 15.9. The number of rotatable bonds is 6. The van der Waals surface area contributed by atoms with E-state index in [1.54, 1.807) is 0 Å². The minimum Gasteiger partial charge on any atom is -0.391 e. The van der Waals surface area contributed by atoms with E-state index in [9.17, 15) is 5.11 Å². The largest absolute Gasteiger partial charge is 0.391 e. The van der Waals surface area contributed by atoms with Gasteiger partial charge in [-0.1, -0.05) is 48.0 Å². The summed E-state index contributed by atoms with van der Waals surface area (Å²) in [5, 5.41) is 10.0. The fourth-order valence-corrected chi connectivity index (χ4v) is 1.42. The van der Waals surface area contributed by atoms with Crippen LogP contribution in [0.3, 0.4) is 0 Å². The predicted octanol–water partition coefficient (Wildman–Crippen LogP) is 2.76. The molecule has 0 aliphatic carbocycles. The molecule has 0 aromatic rings. The second-order valence-electron chi connectivity index (χ2n) is 5.75. The van der Waals surface area contributed by atoms with E-state index in [1.165, 1.54) is 6.42 Å². The summed E-state index contributed by atoms with van der Waals surface area (Å²) in [4.78, 5) is 2.35. The smallest absolute Gasteiger partial charge is 0.0715 e. The molecule has 0 saturated carbocycles. The molecule has 0 saturated heterocycles. The van der Waals surface area contributed by atoms with E-state index < -0.39 is 0 Å². The van der Waals surface area contributed by atoms with Gasteiger partial charge in [-0.15, -0.1) is 0 Å². The second kappa shape index (κ2) is 6.49. The van der Waals surface area contributed by atoms with Crippen molar-refractivity contribution in [2.24, 2.45) is 11.3 Å². The molecule has 1 N–H and O–H groups in total. The number of hydrogen-bond acceptors (Lipinski definition) is 2. The van der Waals surface area contributed by atoms with Crippen molar-refractivity contribution in [1.29, 1.82) is 0 Å². The van der Waals surface area contributed by atoms with E-state index in [4.69, 9.17) is 0 Å². The second-order valence-corrected chi connectivity index (χ2v) is 5.75. The van der Waals surface area contributed by atoms with Crippen LogP contribution in [0.25, 0.3) is 0 Å². The number of likely N-dealkylation sites (N-methyl/N-ethyl adjacent to an activating group) is 1. The molecule has 0 aromatic carbocycles. The average Bonchev–Trinajstić information content (AvgIpc) is 2.14. The van der Waals surface area contributed by atoms with Crippen LogP contribution in [0.2, 0.25) is 0 Å². The first-order chi connectivity index (χ1) is 6.81. The zero-order valence-electron chi connectivity index (χ0n) is 11.4. The third-order valence-corrected chi connectivity index (χ3v) is 3.14. The summed E-state index contributed by atoms with van der Waals surface area (Å²) >= 11 is 0. The maximum absolute atomic E-state index is 10.0. The zero-order chi connectivity index (χ0) is 12.1. The van der Waals surface area contributed by atoms with E-state index in [0.717, 1.165) is 25.6 Å². The van der Waals surface area contributed by atoms with Gasteiger partial charge in [0.15, 0.2) is 0 Å². The van der Waals surface area contributed by atoms with Crippen molar-refractivity contribution in [2.75, 3.05) is 19.6 Å². The highest BCUT2D eigenvalue weighted by molar-refractivity contribution is 4.76. The van der Waals surface area contributed by atoms with Gasteiger partial charge >= 0.3 is 0 Å². The number of hydrogen-bond donors (Lipinski definition) is 1. The van der Waals surface area contributed by atoms with Gasteiger partial charge in [0.05, 0.1) is 6.10 Å². The molecule has 0 spiro atoms. The Morgan fingerprint density at radius 1 is 1.13 bits per heavy atom. The fraction of sp³-hybridized carbons (Fsp3) is 1.00. The number of nitrogens with zero attached hydrogens (tertiary/aromatic N) is 1. The van der Waals surface area contributed by atoms with Crippen LogP contribution in [0.4, 0.5) is 0 Å². The third kappa shape index (κ3) is 6.16. The Morgan fingerprint density at radius 2 is 1.67 bits per heavy atom. The van der Waals surface area contributed by atoms with Crippen molar-refractivity contribution in [3.63, 3.8) is 0 Å². The lowest BCUT2D eigenvalue weighted by atomic mass is 9.88. The molecule has 0 aliphatic heterocycles. The van der Waals surface area contributed by atoms with Crippen LogP contribution in [0.15, 0.2) is 0 Å². The minimum absolute atomic E-state index is 0.0110. The molecular weight excluding hydrogens is 186 g/mol. The van der Waals surface area contributed by atoms with Crippen LogP contribution < -0.4 is 0 Å². The van der Waals surface area contributed by atoms with Crippen LogP contribution >= 0.6 is 0 Å². The molecule has 0 fully saturated rings. The standard InChI is InChI=1S/C13H29NO/c1-7-11(3)9-14(8-2)10-12(15)13(4,5)6/h11-12,15H,7-10H2,1-6H3. The molecule has 0 amide bonds. The van der Waals surface area contributed by atoms with Gasteiger partial charge in [-0.25, -0.2) is 0 Å². The van der Waals surface area contributed by atoms with Crippen molar-refractivity contribution in [1.82, 2.24) is 4.90 Å². The zero-order valence-corrected chi connectivity index (χ0v) is 11.4. The molecule has 2 nitrogen and oxygen atoms in total. The summed E-state index contributed by atoms with van der Waals surface area (Å²) < 4.78 is 0. The first-order valence-electron chi connectivity index (χ1n) is 6.21. The molecule has 0 rings (SSSR count). The highest BCUT2D eigenvalue weighted by Gasteiger charge is 2.24. The minimum atomic E-state index is -0.235. The molecular formula is C13H29NO. The van der Waals surface area contributed by atoms with Crippen molar-refractivity contribution in [3.8, 4) is 0 Å². The van der Waals surface area contributed by atoms with Crippen molar-refractivity contribution >= 4 is 0 Å². The molecule has 0 aliphatic rings. The maximum Gasteiger partial charge on any atom is 0.0715 e. The van der Waals surface area contributed by atoms with Crippen molar-refractivity contribution in [2.45, 2.75) is 54.1 Å². The average molecular weight is 215 g/mol. The molecule has 0 radical (unpaired) electrons. The summed E-state index contributed by atoms with van der Waals surface area (Å²) in [6.07, 6.45) is 0.976. The summed E-state index contributed by atoms with van der Waals surface area (Å²) in [7, 11) is 0. The lowest BCUT2D eigenvalue weighted by molar-refractivity contribution is 0.0262. The normalized spacial score (nSPS) is 16.8. The van der Waals surface area contributed by atoms with Crippen LogP contribution in [0, 0.1) is 11.3 Å². The Kier molecular flexibility index (Phi) is 6.46. The Balaban J connectivity index is 4.10. The highest BCUT2D eigenvalue weighted by atomic mass is 16.3. The molecule has 15 heavy (non-hydrogen) atoms. The van der Waals surface area contributed by atoms with Crippen LogP contribution in [-0.4, -0.2) is 35.7 Å². The summed E-state index contributed by atoms with van der Waals surface area (Å²) in [5.74, 6) is 0.720. The molecule has 0 aromatic heterocycles. The third-order valence-electron chi connectivity index (χ3n) is 3.14. The van der Waals surface area contributed by atoms with Gasteiger partial charge in [0, 0.05) is 13.1 Å². The summed E-state index contributed by atoms with van der Waals surface area (Å²) in [5.41, 5.74) is -0.0110. The molecule has 0 heterocycles. The SMILES string of the molecule is CCC(C)CN(CC)CC(O)C(C)(C)C. The Labute approximate surface area is 95.7 Å². The van der Waals surface area contributed by atoms with Crippen LogP contribution in [-0.2, 0) is 0 Å². The fourth-order valence-electron chi connectivity index (χ4n) is 1.42. The van der Waals surface area contributed by atoms with Gasteiger partial charge < -0.3 is 10.0 Å². The predicted molar refractivity (Wildman–Crippen MR) is 67.0 cm³/mol. The van der Waals surface area contributed by atoms with Gasteiger partial charge in [0.2, 0.25) is 0 Å². The summed E-state index contributed by atoms with van der Waals surface area (Å²) in [6, 6.07) is 0. The van der Waals surface area contributed by atoms with E-state index >= 15 is 0 Å². The van der Waals surface area contributed by atoms with Gasteiger partial charge in [-0.3, -0.25) is 0 Å². The Bertz CT molecular complexity index is 162. The Morgan fingerprint density at radius 3 is 2.00 bits per heavy atom. The monoisotopic (exact) mass is 215 g/mol. The van der Waals surface area contributed by atoms with Gasteiger partial charge in [0.25, 0.3) is 0 Å². The van der Waals surface area contributed by atoms with E-state index in [2.05, 4.69) is 46.4 Å². The van der Waals surface area contributed by atoms with Crippen LogP contribution in [0.5, 0.6) is 0 Å². The van der Waals surface area contributed by atoms with Gasteiger partial charge in [-0.05, 0) is 17.9 Å². The number of aliphatic hydroxyl groups excluding tert-OH is 1. The van der Waals surface area contributed by atoms with Crippen molar-refractivity contribution < 1.29 is 5.11 Å². The number of aliphatic hydroxyl groups is 1. The lowest BCUT2D eigenvalue weighted by Gasteiger charge is -2.32. The maximum atomic E-state index is 10.0. The first-order valence-corrected chi connectivity index (χ1v) is 6.21. The topological polar surface area (TPSA) is 23.5 Å². The van der Waals surface area contributed by atoms with E-state index in [1.807, 2.05) is 0 Å². The molecule has 92 valence electrons. The van der Waals surface area contributed by atoms with Gasteiger partial charge in [0.1, 0.15) is 0 Å². The molecule has 2 unspecified atom stereocenters. The van der Waals surface area contributed by atoms with Crippen LogP contribution in [0.1, 0.15) is 48.0 Å². The Hall–Kier alpha value is -0.0800. The highest BCUT2D eigenvalue weighted by Crippen LogP contribution is 2.20. The quantitative estimate of drug-likeness (QED) is 0.736. The van der Waals surface area contributed by atoms with Gasteiger partial charge in [-0.2, -0.15) is 0 Å². The molecule has 0 bridgehead atoms. The molecule has 2 heteroatoms. The lowest BCUT2D eigenvalue weighted by Crippen LogP contribution is -2.41. The van der Waals surface area contributed by atoms with E-state index in [-0.39, 0.29) is 11.5 Å².